The van der Waals surface area contributed by atoms with Crippen molar-refractivity contribution in [2.45, 2.75) is 20.3 Å². The molecule has 0 aliphatic rings. The van der Waals surface area contributed by atoms with E-state index in [0.29, 0.717) is 15.6 Å². The number of ketones is 1. The van der Waals surface area contributed by atoms with Crippen molar-refractivity contribution in [1.82, 2.24) is 0 Å². The molecule has 1 aromatic carbocycles. The van der Waals surface area contributed by atoms with Crippen LogP contribution in [0.2, 0.25) is 0 Å². The van der Waals surface area contributed by atoms with E-state index >= 15 is 0 Å². The zero-order valence-corrected chi connectivity index (χ0v) is 10.7. The minimum absolute atomic E-state index is 0.0515. The minimum atomic E-state index is -3.03. The molecule has 0 spiro atoms. The van der Waals surface area contributed by atoms with Crippen LogP contribution < -0.4 is 4.74 Å². The van der Waals surface area contributed by atoms with Crippen LogP contribution in [0.3, 0.4) is 0 Å². The second kappa shape index (κ2) is 4.91. The fourth-order valence-corrected chi connectivity index (χ4v) is 2.06. The first-order chi connectivity index (χ1) is 7.40. The highest BCUT2D eigenvalue weighted by Gasteiger charge is 2.26. The predicted molar refractivity (Wildman–Crippen MR) is 60.5 cm³/mol. The normalized spacial score (nSPS) is 10.7. The molecule has 16 heavy (non-hydrogen) atoms. The smallest absolute Gasteiger partial charge is 0.300 e. The van der Waals surface area contributed by atoms with Gasteiger partial charge in [0.25, 0.3) is 0 Å². The maximum atomic E-state index is 12.5. The number of Topliss-reactive ketones (excluding diaryl/α,β-unsaturated/α-hetero) is 1. The molecule has 0 aliphatic carbocycles. The number of rotatable bonds is 3. The topological polar surface area (TPSA) is 26.3 Å². The Balaban J connectivity index is 3.51. The predicted octanol–water partition coefficient (Wildman–Crippen LogP) is 3.52. The molecule has 0 bridgehead atoms. The van der Waals surface area contributed by atoms with Crippen LogP contribution in [-0.2, 0) is 0 Å². The van der Waals surface area contributed by atoms with Crippen LogP contribution >= 0.6 is 15.9 Å². The second-order valence-corrected chi connectivity index (χ2v) is 4.23. The molecule has 5 heteroatoms. The highest BCUT2D eigenvalue weighted by molar-refractivity contribution is 9.10. The third kappa shape index (κ3) is 2.24. The Hall–Kier alpha value is -0.970. The van der Waals surface area contributed by atoms with Crippen molar-refractivity contribution in [3.63, 3.8) is 0 Å². The first-order valence-electron chi connectivity index (χ1n) is 4.56. The van der Waals surface area contributed by atoms with E-state index in [1.54, 1.807) is 19.9 Å². The lowest BCUT2D eigenvalue weighted by Gasteiger charge is -2.14. The first-order valence-corrected chi connectivity index (χ1v) is 5.35. The average Bonchev–Trinajstić information content (AvgIpc) is 2.21. The Morgan fingerprint density at radius 1 is 1.44 bits per heavy atom. The molecule has 0 atom stereocenters. The number of hydrogen-bond acceptors (Lipinski definition) is 2. The van der Waals surface area contributed by atoms with E-state index in [1.165, 1.54) is 7.11 Å². The molecular weight excluding hydrogens is 282 g/mol. The molecule has 0 saturated carbocycles. The number of aryl methyl sites for hydroxylation is 1. The highest BCUT2D eigenvalue weighted by Crippen LogP contribution is 2.33. The van der Waals surface area contributed by atoms with Gasteiger partial charge in [-0.05, 0) is 31.0 Å². The van der Waals surface area contributed by atoms with Crippen molar-refractivity contribution in [2.75, 3.05) is 7.11 Å². The molecule has 0 fully saturated rings. The summed E-state index contributed by atoms with van der Waals surface area (Å²) in [5.41, 5.74) is 1.06. The number of carbonyl (C=O) groups excluding carboxylic acids is 1. The van der Waals surface area contributed by atoms with Crippen LogP contribution in [0, 0.1) is 13.8 Å². The largest absolute Gasteiger partial charge is 0.496 e. The summed E-state index contributed by atoms with van der Waals surface area (Å²) in [6, 6.07) is 1.73. The Morgan fingerprint density at radius 3 is 2.44 bits per heavy atom. The summed E-state index contributed by atoms with van der Waals surface area (Å²) < 4.78 is 30.5. The van der Waals surface area contributed by atoms with E-state index in [4.69, 9.17) is 4.74 Å². The summed E-state index contributed by atoms with van der Waals surface area (Å²) in [6.07, 6.45) is -3.03. The number of ether oxygens (including phenoxy) is 1. The van der Waals surface area contributed by atoms with Gasteiger partial charge < -0.3 is 4.74 Å². The maximum Gasteiger partial charge on any atom is 0.300 e. The molecule has 0 heterocycles. The maximum absolute atomic E-state index is 12.5. The molecule has 1 rings (SSSR count). The zero-order chi connectivity index (χ0) is 12.5. The fourth-order valence-electron chi connectivity index (χ4n) is 1.52. The van der Waals surface area contributed by atoms with Gasteiger partial charge in [-0.15, -0.1) is 0 Å². The number of alkyl halides is 2. The van der Waals surface area contributed by atoms with Gasteiger partial charge in [0.05, 0.1) is 12.7 Å². The highest BCUT2D eigenvalue weighted by atomic mass is 79.9. The van der Waals surface area contributed by atoms with Gasteiger partial charge in [-0.25, -0.2) is 8.78 Å². The van der Waals surface area contributed by atoms with E-state index in [0.717, 1.165) is 0 Å². The molecule has 0 aromatic heterocycles. The lowest BCUT2D eigenvalue weighted by molar-refractivity contribution is 0.0674. The zero-order valence-electron chi connectivity index (χ0n) is 9.11. The van der Waals surface area contributed by atoms with E-state index in [9.17, 15) is 13.6 Å². The number of carbonyl (C=O) groups is 1. The van der Waals surface area contributed by atoms with Crippen LogP contribution in [-0.4, -0.2) is 19.3 Å². The average molecular weight is 293 g/mol. The van der Waals surface area contributed by atoms with Gasteiger partial charge in [0, 0.05) is 4.47 Å². The van der Waals surface area contributed by atoms with E-state index in [-0.39, 0.29) is 11.3 Å². The van der Waals surface area contributed by atoms with Crippen molar-refractivity contribution >= 4 is 21.7 Å². The quantitative estimate of drug-likeness (QED) is 0.797. The lowest BCUT2D eigenvalue weighted by atomic mass is 10.0. The molecule has 0 N–H and O–H groups in total. The first kappa shape index (κ1) is 13.1. The molecule has 0 radical (unpaired) electrons. The van der Waals surface area contributed by atoms with Crippen molar-refractivity contribution in [1.29, 1.82) is 0 Å². The molecule has 0 aliphatic heterocycles. The molecular formula is C11H11BrF2O2. The molecule has 1 aromatic rings. The lowest BCUT2D eigenvalue weighted by Crippen LogP contribution is -2.14. The van der Waals surface area contributed by atoms with Crippen molar-refractivity contribution < 1.29 is 18.3 Å². The Morgan fingerprint density at radius 2 is 2.00 bits per heavy atom. The number of benzene rings is 1. The van der Waals surface area contributed by atoms with Crippen LogP contribution in [0.25, 0.3) is 0 Å². The summed E-state index contributed by atoms with van der Waals surface area (Å²) in [4.78, 5) is 11.4. The van der Waals surface area contributed by atoms with Gasteiger partial charge in [0.15, 0.2) is 0 Å². The van der Waals surface area contributed by atoms with Crippen LogP contribution in [0.4, 0.5) is 8.78 Å². The van der Waals surface area contributed by atoms with Crippen molar-refractivity contribution in [3.05, 3.63) is 27.2 Å². The van der Waals surface area contributed by atoms with Crippen LogP contribution in [0.15, 0.2) is 10.5 Å². The summed E-state index contributed by atoms with van der Waals surface area (Å²) in [6.45, 7) is 3.30. The molecule has 0 unspecified atom stereocenters. The Bertz CT molecular complexity index is 430. The Labute approximate surface area is 101 Å². The second-order valence-electron chi connectivity index (χ2n) is 3.37. The monoisotopic (exact) mass is 292 g/mol. The van der Waals surface area contributed by atoms with Crippen molar-refractivity contribution in [2.24, 2.45) is 0 Å². The molecule has 0 amide bonds. The standard InChI is InChI=1S/C11H11BrF2O2/c1-5-4-7(12)6(2)8(10(5)16-3)9(15)11(13)14/h4,11H,1-3H3. The van der Waals surface area contributed by atoms with Gasteiger partial charge in [-0.3, -0.25) is 4.79 Å². The van der Waals surface area contributed by atoms with Gasteiger partial charge in [0.2, 0.25) is 5.78 Å². The minimum Gasteiger partial charge on any atom is -0.496 e. The third-order valence-electron chi connectivity index (χ3n) is 2.31. The SMILES string of the molecule is COc1c(C)cc(Br)c(C)c1C(=O)C(F)F. The summed E-state index contributed by atoms with van der Waals surface area (Å²) in [5, 5.41) is 0. The summed E-state index contributed by atoms with van der Waals surface area (Å²) in [7, 11) is 1.36. The third-order valence-corrected chi connectivity index (χ3v) is 3.13. The number of hydrogen-bond donors (Lipinski definition) is 0. The molecule has 0 saturated heterocycles. The molecule has 2 nitrogen and oxygen atoms in total. The number of methoxy groups -OCH3 is 1. The van der Waals surface area contributed by atoms with Gasteiger partial charge >= 0.3 is 6.43 Å². The van der Waals surface area contributed by atoms with Crippen LogP contribution in [0.1, 0.15) is 21.5 Å². The molecule has 88 valence electrons. The fraction of sp³-hybridized carbons (Fsp3) is 0.364. The Kier molecular flexibility index (Phi) is 4.02. The van der Waals surface area contributed by atoms with E-state index < -0.39 is 12.2 Å². The van der Waals surface area contributed by atoms with Gasteiger partial charge in [0.1, 0.15) is 5.75 Å². The van der Waals surface area contributed by atoms with Crippen LogP contribution in [0.5, 0.6) is 5.75 Å². The summed E-state index contributed by atoms with van der Waals surface area (Å²) in [5.74, 6) is -0.996. The van der Waals surface area contributed by atoms with Gasteiger partial charge in [-0.2, -0.15) is 0 Å². The van der Waals surface area contributed by atoms with E-state index in [1.807, 2.05) is 0 Å². The van der Waals surface area contributed by atoms with E-state index in [2.05, 4.69) is 15.9 Å². The summed E-state index contributed by atoms with van der Waals surface area (Å²) >= 11 is 3.22. The number of halogens is 3. The van der Waals surface area contributed by atoms with Gasteiger partial charge in [-0.1, -0.05) is 15.9 Å². The van der Waals surface area contributed by atoms with Crippen molar-refractivity contribution in [3.8, 4) is 5.75 Å².